The zero-order chi connectivity index (χ0) is 13.0. The summed E-state index contributed by atoms with van der Waals surface area (Å²) in [6, 6.07) is 8.11. The molecule has 1 aliphatic rings. The molecule has 18 heavy (non-hydrogen) atoms. The first-order valence-corrected chi connectivity index (χ1v) is 7.04. The summed E-state index contributed by atoms with van der Waals surface area (Å²) in [6.07, 6.45) is 12.3. The van der Waals surface area contributed by atoms with Gasteiger partial charge in [0.05, 0.1) is 6.04 Å². The molecule has 1 saturated carbocycles. The van der Waals surface area contributed by atoms with Crippen molar-refractivity contribution in [2.24, 2.45) is 5.92 Å². The molecular formula is C16H20ClN. The third-order valence-electron chi connectivity index (χ3n) is 3.92. The SMILES string of the molecule is C#C[C@@H](C1CCCCC1)N(C)c1ccc(Cl)cc1. The molecule has 1 atom stereocenters. The molecule has 96 valence electrons. The summed E-state index contributed by atoms with van der Waals surface area (Å²) in [6.45, 7) is 0. The van der Waals surface area contributed by atoms with Crippen molar-refractivity contribution in [1.82, 2.24) is 0 Å². The molecule has 2 rings (SSSR count). The summed E-state index contributed by atoms with van der Waals surface area (Å²) in [7, 11) is 2.09. The van der Waals surface area contributed by atoms with Gasteiger partial charge in [0.1, 0.15) is 0 Å². The lowest BCUT2D eigenvalue weighted by Crippen LogP contribution is -2.37. The first kappa shape index (κ1) is 13.3. The van der Waals surface area contributed by atoms with Crippen LogP contribution in [0, 0.1) is 18.3 Å². The summed E-state index contributed by atoms with van der Waals surface area (Å²) in [4.78, 5) is 2.21. The van der Waals surface area contributed by atoms with E-state index in [1.807, 2.05) is 24.3 Å². The monoisotopic (exact) mass is 261 g/mol. The van der Waals surface area contributed by atoms with E-state index in [4.69, 9.17) is 18.0 Å². The molecule has 2 heteroatoms. The second kappa shape index (κ2) is 6.16. The Morgan fingerprint density at radius 3 is 2.39 bits per heavy atom. The van der Waals surface area contributed by atoms with E-state index in [1.165, 1.54) is 32.1 Å². The van der Waals surface area contributed by atoms with Crippen molar-refractivity contribution in [3.05, 3.63) is 29.3 Å². The largest absolute Gasteiger partial charge is 0.360 e. The Kier molecular flexibility index (Phi) is 4.55. The predicted molar refractivity (Wildman–Crippen MR) is 79.1 cm³/mol. The normalized spacial score (nSPS) is 18.1. The van der Waals surface area contributed by atoms with E-state index in [1.54, 1.807) is 0 Å². The van der Waals surface area contributed by atoms with Crippen LogP contribution in [-0.2, 0) is 0 Å². The van der Waals surface area contributed by atoms with Crippen molar-refractivity contribution in [3.63, 3.8) is 0 Å². The van der Waals surface area contributed by atoms with Crippen LogP contribution in [0.25, 0.3) is 0 Å². The number of halogens is 1. The van der Waals surface area contributed by atoms with Gasteiger partial charge in [-0.15, -0.1) is 6.42 Å². The zero-order valence-corrected chi connectivity index (χ0v) is 11.7. The molecule has 0 spiro atoms. The topological polar surface area (TPSA) is 3.24 Å². The Hall–Kier alpha value is -1.13. The van der Waals surface area contributed by atoms with E-state index in [-0.39, 0.29) is 6.04 Å². The average molecular weight is 262 g/mol. The van der Waals surface area contributed by atoms with Gasteiger partial charge in [-0.3, -0.25) is 0 Å². The minimum absolute atomic E-state index is 0.200. The number of benzene rings is 1. The Labute approximate surface area is 115 Å². The maximum Gasteiger partial charge on any atom is 0.0925 e. The quantitative estimate of drug-likeness (QED) is 0.731. The fourth-order valence-electron chi connectivity index (χ4n) is 2.85. The van der Waals surface area contributed by atoms with Crippen LogP contribution in [0.3, 0.4) is 0 Å². The van der Waals surface area contributed by atoms with E-state index in [9.17, 15) is 0 Å². The van der Waals surface area contributed by atoms with Crippen molar-refractivity contribution < 1.29 is 0 Å². The van der Waals surface area contributed by atoms with Gasteiger partial charge in [-0.1, -0.05) is 36.8 Å². The lowest BCUT2D eigenvalue weighted by atomic mass is 9.83. The van der Waals surface area contributed by atoms with E-state index in [0.717, 1.165) is 10.7 Å². The number of terminal acetylenes is 1. The van der Waals surface area contributed by atoms with Crippen LogP contribution in [0.4, 0.5) is 5.69 Å². The van der Waals surface area contributed by atoms with Crippen LogP contribution in [0.15, 0.2) is 24.3 Å². The second-order valence-electron chi connectivity index (χ2n) is 5.10. The summed E-state index contributed by atoms with van der Waals surface area (Å²) in [5.74, 6) is 3.61. The number of nitrogens with zero attached hydrogens (tertiary/aromatic N) is 1. The maximum absolute atomic E-state index is 5.92. The molecule has 0 aromatic heterocycles. The highest BCUT2D eigenvalue weighted by Crippen LogP contribution is 2.30. The first-order chi connectivity index (χ1) is 8.72. The van der Waals surface area contributed by atoms with Crippen LogP contribution in [0.5, 0.6) is 0 Å². The average Bonchev–Trinajstić information content (AvgIpc) is 2.41. The third-order valence-corrected chi connectivity index (χ3v) is 4.17. The van der Waals surface area contributed by atoms with Crippen molar-refractivity contribution in [1.29, 1.82) is 0 Å². The predicted octanol–water partition coefficient (Wildman–Crippen LogP) is 4.36. The van der Waals surface area contributed by atoms with Gasteiger partial charge >= 0.3 is 0 Å². The Morgan fingerprint density at radius 1 is 1.22 bits per heavy atom. The minimum atomic E-state index is 0.200. The Balaban J connectivity index is 2.11. The van der Waals surface area contributed by atoms with Crippen LogP contribution >= 0.6 is 11.6 Å². The maximum atomic E-state index is 5.92. The van der Waals surface area contributed by atoms with Crippen LogP contribution in [-0.4, -0.2) is 13.1 Å². The highest BCUT2D eigenvalue weighted by molar-refractivity contribution is 6.30. The number of rotatable bonds is 3. The molecule has 1 nitrogen and oxygen atoms in total. The number of anilines is 1. The summed E-state index contributed by atoms with van der Waals surface area (Å²) >= 11 is 5.92. The van der Waals surface area contributed by atoms with Crippen LogP contribution in [0.2, 0.25) is 5.02 Å². The van der Waals surface area contributed by atoms with Crippen LogP contribution < -0.4 is 4.90 Å². The second-order valence-corrected chi connectivity index (χ2v) is 5.53. The fourth-order valence-corrected chi connectivity index (χ4v) is 2.98. The molecule has 1 fully saturated rings. The van der Waals surface area contributed by atoms with Crippen molar-refractivity contribution in [2.45, 2.75) is 38.1 Å². The van der Waals surface area contributed by atoms with Crippen molar-refractivity contribution in [3.8, 4) is 12.3 Å². The van der Waals surface area contributed by atoms with Gasteiger partial charge in [-0.05, 0) is 43.0 Å². The molecule has 0 unspecified atom stereocenters. The van der Waals surface area contributed by atoms with Gasteiger partial charge < -0.3 is 4.90 Å². The minimum Gasteiger partial charge on any atom is -0.360 e. The van der Waals surface area contributed by atoms with Gasteiger partial charge in [-0.2, -0.15) is 0 Å². The molecule has 1 aromatic rings. The standard InChI is InChI=1S/C16H20ClN/c1-3-16(13-7-5-4-6-8-13)18(2)15-11-9-14(17)10-12-15/h1,9-13,16H,4-8H2,2H3/t16-/m0/s1. The van der Waals surface area contributed by atoms with E-state index in [0.29, 0.717) is 5.92 Å². The lowest BCUT2D eigenvalue weighted by molar-refractivity contribution is 0.332. The fraction of sp³-hybridized carbons (Fsp3) is 0.500. The van der Waals surface area contributed by atoms with Crippen molar-refractivity contribution >= 4 is 17.3 Å². The van der Waals surface area contributed by atoms with Crippen molar-refractivity contribution in [2.75, 3.05) is 11.9 Å². The molecule has 0 saturated heterocycles. The summed E-state index contributed by atoms with van der Waals surface area (Å²) in [5, 5.41) is 0.766. The smallest absolute Gasteiger partial charge is 0.0925 e. The van der Waals surface area contributed by atoms with Gasteiger partial charge in [-0.25, -0.2) is 0 Å². The molecule has 0 bridgehead atoms. The molecule has 1 aliphatic carbocycles. The zero-order valence-electron chi connectivity index (χ0n) is 10.9. The third kappa shape index (κ3) is 3.00. The van der Waals surface area contributed by atoms with Gasteiger partial charge in [0.2, 0.25) is 0 Å². The molecule has 0 aliphatic heterocycles. The Morgan fingerprint density at radius 2 is 1.83 bits per heavy atom. The first-order valence-electron chi connectivity index (χ1n) is 6.67. The summed E-state index contributed by atoms with van der Waals surface area (Å²) in [5.41, 5.74) is 1.15. The van der Waals surface area contributed by atoms with Gasteiger partial charge in [0.25, 0.3) is 0 Å². The molecule has 0 radical (unpaired) electrons. The van der Waals surface area contributed by atoms with Crippen LogP contribution in [0.1, 0.15) is 32.1 Å². The lowest BCUT2D eigenvalue weighted by Gasteiger charge is -2.34. The molecule has 0 heterocycles. The van der Waals surface area contributed by atoms with E-state index < -0.39 is 0 Å². The molecular weight excluding hydrogens is 242 g/mol. The highest BCUT2D eigenvalue weighted by Gasteiger charge is 2.25. The van der Waals surface area contributed by atoms with Gasteiger partial charge in [0, 0.05) is 17.8 Å². The highest BCUT2D eigenvalue weighted by atomic mass is 35.5. The van der Waals surface area contributed by atoms with Gasteiger partial charge in [0.15, 0.2) is 0 Å². The molecule has 0 N–H and O–H groups in total. The molecule has 1 aromatic carbocycles. The molecule has 0 amide bonds. The van der Waals surface area contributed by atoms with E-state index >= 15 is 0 Å². The Bertz CT molecular complexity index is 412. The summed E-state index contributed by atoms with van der Waals surface area (Å²) < 4.78 is 0. The number of hydrogen-bond donors (Lipinski definition) is 0. The number of hydrogen-bond acceptors (Lipinski definition) is 1. The van der Waals surface area contributed by atoms with E-state index in [2.05, 4.69) is 17.9 Å².